The number of ether oxygens (including phenoxy) is 1. The first kappa shape index (κ1) is 14.1. The molecule has 5 nitrogen and oxygen atoms in total. The molecule has 0 spiro atoms. The van der Waals surface area contributed by atoms with Gasteiger partial charge in [0, 0.05) is 10.6 Å². The highest BCUT2D eigenvalue weighted by molar-refractivity contribution is 7.10. The fourth-order valence-electron chi connectivity index (χ4n) is 1.57. The van der Waals surface area contributed by atoms with Crippen LogP contribution in [-0.2, 0) is 16.0 Å². The van der Waals surface area contributed by atoms with Crippen molar-refractivity contribution >= 4 is 28.8 Å². The molecule has 0 unspecified atom stereocenters. The second-order valence-electron chi connectivity index (χ2n) is 4.08. The van der Waals surface area contributed by atoms with Crippen LogP contribution in [0.15, 0.2) is 41.8 Å². The van der Waals surface area contributed by atoms with E-state index in [9.17, 15) is 9.59 Å². The number of carbonyl (C=O) groups excluding carboxylic acids is 2. The van der Waals surface area contributed by atoms with E-state index in [1.165, 1.54) is 0 Å². The van der Waals surface area contributed by atoms with Crippen molar-refractivity contribution in [1.82, 2.24) is 0 Å². The number of benzene rings is 1. The van der Waals surface area contributed by atoms with Gasteiger partial charge in [0.25, 0.3) is 5.91 Å². The third kappa shape index (κ3) is 4.40. The number of hydrogen-bond donors (Lipinski definition) is 2. The monoisotopic (exact) mass is 290 g/mol. The molecule has 0 radical (unpaired) electrons. The number of rotatable bonds is 6. The lowest BCUT2D eigenvalue weighted by molar-refractivity contribution is -0.120. The Hall–Kier alpha value is -2.34. The number of anilines is 1. The van der Waals surface area contributed by atoms with Crippen LogP contribution in [0.4, 0.5) is 5.69 Å². The van der Waals surface area contributed by atoms with Gasteiger partial charge in [0.2, 0.25) is 5.91 Å². The molecule has 1 heterocycles. The first-order valence-corrected chi connectivity index (χ1v) is 6.85. The number of primary amides is 1. The van der Waals surface area contributed by atoms with E-state index in [1.54, 1.807) is 35.6 Å². The Bertz CT molecular complexity index is 579. The van der Waals surface area contributed by atoms with E-state index in [-0.39, 0.29) is 12.5 Å². The number of nitrogens with one attached hydrogen (secondary N) is 1. The van der Waals surface area contributed by atoms with Gasteiger partial charge < -0.3 is 15.8 Å². The fourth-order valence-corrected chi connectivity index (χ4v) is 2.27. The number of thiophene rings is 1. The van der Waals surface area contributed by atoms with Crippen LogP contribution < -0.4 is 15.8 Å². The molecule has 0 fully saturated rings. The van der Waals surface area contributed by atoms with Crippen molar-refractivity contribution < 1.29 is 14.3 Å². The van der Waals surface area contributed by atoms with E-state index >= 15 is 0 Å². The second kappa shape index (κ2) is 6.72. The number of carbonyl (C=O) groups is 2. The highest BCUT2D eigenvalue weighted by Crippen LogP contribution is 2.16. The lowest BCUT2D eigenvalue weighted by atomic mass is 10.2. The van der Waals surface area contributed by atoms with Crippen molar-refractivity contribution in [2.75, 3.05) is 11.9 Å². The summed E-state index contributed by atoms with van der Waals surface area (Å²) in [5.74, 6) is -0.0726. The largest absolute Gasteiger partial charge is 0.484 e. The Balaban J connectivity index is 1.86. The summed E-state index contributed by atoms with van der Waals surface area (Å²) >= 11 is 1.55. The highest BCUT2D eigenvalue weighted by atomic mass is 32.1. The molecule has 2 amide bonds. The van der Waals surface area contributed by atoms with Crippen molar-refractivity contribution in [3.8, 4) is 5.75 Å². The molecule has 0 saturated carbocycles. The Morgan fingerprint density at radius 3 is 2.55 bits per heavy atom. The Labute approximate surface area is 120 Å². The normalized spacial score (nSPS) is 10.0. The van der Waals surface area contributed by atoms with Crippen molar-refractivity contribution in [2.24, 2.45) is 5.73 Å². The minimum atomic E-state index is -0.529. The van der Waals surface area contributed by atoms with Gasteiger partial charge in [-0.3, -0.25) is 9.59 Å². The molecule has 0 aliphatic carbocycles. The Kier molecular flexibility index (Phi) is 4.73. The molecule has 0 saturated heterocycles. The van der Waals surface area contributed by atoms with Gasteiger partial charge in [-0.2, -0.15) is 0 Å². The van der Waals surface area contributed by atoms with E-state index < -0.39 is 5.91 Å². The third-order valence-corrected chi connectivity index (χ3v) is 3.31. The molecule has 0 aliphatic heterocycles. The summed E-state index contributed by atoms with van der Waals surface area (Å²) in [4.78, 5) is 23.4. The average molecular weight is 290 g/mol. The third-order valence-electron chi connectivity index (χ3n) is 2.43. The predicted octanol–water partition coefficient (Wildman–Crippen LogP) is 1.79. The minimum Gasteiger partial charge on any atom is -0.484 e. The average Bonchev–Trinajstić information content (AvgIpc) is 2.90. The van der Waals surface area contributed by atoms with Crippen LogP contribution >= 0.6 is 11.3 Å². The number of nitrogens with two attached hydrogens (primary N) is 1. The maximum Gasteiger partial charge on any atom is 0.255 e. The molecule has 0 aliphatic rings. The van der Waals surface area contributed by atoms with Gasteiger partial charge in [0.05, 0.1) is 6.42 Å². The van der Waals surface area contributed by atoms with Crippen LogP contribution in [0.2, 0.25) is 0 Å². The first-order chi connectivity index (χ1) is 9.63. The maximum atomic E-state index is 11.8. The zero-order chi connectivity index (χ0) is 14.4. The molecule has 20 heavy (non-hydrogen) atoms. The predicted molar refractivity (Wildman–Crippen MR) is 77.8 cm³/mol. The van der Waals surface area contributed by atoms with Gasteiger partial charge in [-0.15, -0.1) is 11.3 Å². The second-order valence-corrected chi connectivity index (χ2v) is 5.12. The summed E-state index contributed by atoms with van der Waals surface area (Å²) in [6.07, 6.45) is 0.359. The molecule has 2 rings (SSSR count). The van der Waals surface area contributed by atoms with Crippen molar-refractivity contribution in [1.29, 1.82) is 0 Å². The molecular weight excluding hydrogens is 276 g/mol. The molecule has 3 N–H and O–H groups in total. The van der Waals surface area contributed by atoms with Crippen LogP contribution in [0, 0.1) is 0 Å². The molecule has 104 valence electrons. The number of hydrogen-bond acceptors (Lipinski definition) is 4. The number of amides is 2. The van der Waals surface area contributed by atoms with Gasteiger partial charge in [0.1, 0.15) is 5.75 Å². The first-order valence-electron chi connectivity index (χ1n) is 5.97. The van der Waals surface area contributed by atoms with E-state index in [4.69, 9.17) is 10.5 Å². The summed E-state index contributed by atoms with van der Waals surface area (Å²) in [5, 5.41) is 4.73. The van der Waals surface area contributed by atoms with Crippen LogP contribution in [0.1, 0.15) is 4.88 Å². The molecule has 1 aromatic carbocycles. The van der Waals surface area contributed by atoms with Gasteiger partial charge >= 0.3 is 0 Å². The van der Waals surface area contributed by atoms with E-state index in [0.717, 1.165) is 4.88 Å². The highest BCUT2D eigenvalue weighted by Gasteiger charge is 2.05. The summed E-state index contributed by atoms with van der Waals surface area (Å²) in [7, 11) is 0. The zero-order valence-electron chi connectivity index (χ0n) is 10.7. The molecule has 2 aromatic rings. The van der Waals surface area contributed by atoms with Gasteiger partial charge in [-0.25, -0.2) is 0 Å². The quantitative estimate of drug-likeness (QED) is 0.851. The van der Waals surface area contributed by atoms with Crippen molar-refractivity contribution in [3.05, 3.63) is 46.7 Å². The smallest absolute Gasteiger partial charge is 0.255 e. The molecule has 0 atom stereocenters. The van der Waals surface area contributed by atoms with Crippen LogP contribution in [0.25, 0.3) is 0 Å². The Morgan fingerprint density at radius 2 is 1.95 bits per heavy atom. The maximum absolute atomic E-state index is 11.8. The summed E-state index contributed by atoms with van der Waals surface area (Å²) in [6, 6.07) is 10.6. The molecular formula is C14H14N2O3S. The minimum absolute atomic E-state index is 0.0711. The Morgan fingerprint density at radius 1 is 1.20 bits per heavy atom. The van der Waals surface area contributed by atoms with Crippen LogP contribution in [-0.4, -0.2) is 18.4 Å². The van der Waals surface area contributed by atoms with Crippen LogP contribution in [0.5, 0.6) is 5.75 Å². The zero-order valence-corrected chi connectivity index (χ0v) is 11.5. The van der Waals surface area contributed by atoms with E-state index in [2.05, 4.69) is 5.32 Å². The van der Waals surface area contributed by atoms with E-state index in [1.807, 2.05) is 17.5 Å². The van der Waals surface area contributed by atoms with Crippen LogP contribution in [0.3, 0.4) is 0 Å². The molecule has 1 aromatic heterocycles. The topological polar surface area (TPSA) is 81.4 Å². The summed E-state index contributed by atoms with van der Waals surface area (Å²) < 4.78 is 5.13. The fraction of sp³-hybridized carbons (Fsp3) is 0.143. The van der Waals surface area contributed by atoms with Gasteiger partial charge in [0.15, 0.2) is 6.61 Å². The SMILES string of the molecule is NC(=O)COc1ccc(NC(=O)Cc2cccs2)cc1. The van der Waals surface area contributed by atoms with Crippen molar-refractivity contribution in [2.45, 2.75) is 6.42 Å². The standard InChI is InChI=1S/C14H14N2O3S/c15-13(17)9-19-11-5-3-10(4-6-11)16-14(18)8-12-2-1-7-20-12/h1-7H,8-9H2,(H2,15,17)(H,16,18). The van der Waals surface area contributed by atoms with Crippen molar-refractivity contribution in [3.63, 3.8) is 0 Å². The molecule has 6 heteroatoms. The summed E-state index contributed by atoms with van der Waals surface area (Å²) in [5.41, 5.74) is 5.66. The lowest BCUT2D eigenvalue weighted by Crippen LogP contribution is -2.20. The van der Waals surface area contributed by atoms with Gasteiger partial charge in [-0.05, 0) is 35.7 Å². The lowest BCUT2D eigenvalue weighted by Gasteiger charge is -2.06. The summed E-state index contributed by atoms with van der Waals surface area (Å²) in [6.45, 7) is -0.163. The van der Waals surface area contributed by atoms with E-state index in [0.29, 0.717) is 17.9 Å². The molecule has 0 bridgehead atoms. The van der Waals surface area contributed by atoms with Gasteiger partial charge in [-0.1, -0.05) is 6.07 Å².